The van der Waals surface area contributed by atoms with E-state index >= 15 is 0 Å². The first-order valence-electron chi connectivity index (χ1n) is 7.19. The Kier molecular flexibility index (Phi) is 3.63. The van der Waals surface area contributed by atoms with Crippen molar-refractivity contribution in [3.8, 4) is 11.5 Å². The summed E-state index contributed by atoms with van der Waals surface area (Å²) in [6.07, 6.45) is -0.316. The molecule has 2 N–H and O–H groups in total. The second-order valence-electron chi connectivity index (χ2n) is 5.11. The molecule has 0 unspecified atom stereocenters. The Hall–Kier alpha value is -2.69. The molecule has 0 radical (unpaired) electrons. The van der Waals surface area contributed by atoms with Crippen LogP contribution in [0.2, 0.25) is 0 Å². The van der Waals surface area contributed by atoms with Crippen molar-refractivity contribution >= 4 is 11.6 Å². The quantitative estimate of drug-likeness (QED) is 0.914. The highest BCUT2D eigenvalue weighted by Gasteiger charge is 2.31. The van der Waals surface area contributed by atoms with Crippen LogP contribution in [0.4, 0.5) is 5.69 Å². The lowest BCUT2D eigenvalue weighted by atomic mass is 10.0. The van der Waals surface area contributed by atoms with Crippen LogP contribution in [0.1, 0.15) is 29.0 Å². The number of aromatic hydroxyl groups is 1. The van der Waals surface area contributed by atoms with E-state index in [-0.39, 0.29) is 17.8 Å². The van der Waals surface area contributed by atoms with Crippen LogP contribution in [-0.4, -0.2) is 29.6 Å². The zero-order valence-electron chi connectivity index (χ0n) is 12.5. The molecule has 114 valence electrons. The number of fused-ring (bicyclic) bond motifs is 1. The number of nitrogens with zero attached hydrogens (tertiary/aromatic N) is 1. The maximum Gasteiger partial charge on any atom is 0.257 e. The van der Waals surface area contributed by atoms with Crippen molar-refractivity contribution in [1.82, 2.24) is 4.90 Å². The Morgan fingerprint density at radius 2 is 2.05 bits per heavy atom. The summed E-state index contributed by atoms with van der Waals surface area (Å²) in [5.74, 6) is 0.454. The Bertz CT molecular complexity index is 715. The molecular weight excluding hydrogens is 280 g/mol. The molecule has 1 heterocycles. The van der Waals surface area contributed by atoms with Gasteiger partial charge >= 0.3 is 0 Å². The molecule has 1 aliphatic rings. The molecule has 0 saturated carbocycles. The molecular formula is C17H18N2O3. The standard InChI is InChI=1S/C17H18N2O3/c1-3-19-16(11-8-9-15(22-2)14(20)10-11)18-13-7-5-4-6-12(13)17(19)21/h4-10,16,18,20H,3H2,1-2H3/t16-/m1/s1. The first-order chi connectivity index (χ1) is 10.7. The van der Waals surface area contributed by atoms with Crippen LogP contribution < -0.4 is 10.1 Å². The molecule has 0 spiro atoms. The maximum atomic E-state index is 12.6. The van der Waals surface area contributed by atoms with Gasteiger partial charge in [-0.1, -0.05) is 18.2 Å². The minimum atomic E-state index is -0.316. The molecule has 0 aromatic heterocycles. The van der Waals surface area contributed by atoms with Gasteiger partial charge in [-0.05, 0) is 36.8 Å². The van der Waals surface area contributed by atoms with Gasteiger partial charge in [0.05, 0.1) is 12.7 Å². The topological polar surface area (TPSA) is 61.8 Å². The number of benzene rings is 2. The van der Waals surface area contributed by atoms with Crippen molar-refractivity contribution in [2.24, 2.45) is 0 Å². The Morgan fingerprint density at radius 1 is 1.27 bits per heavy atom. The number of phenols is 1. The summed E-state index contributed by atoms with van der Waals surface area (Å²) in [5, 5.41) is 13.3. The van der Waals surface area contributed by atoms with E-state index in [1.165, 1.54) is 7.11 Å². The maximum absolute atomic E-state index is 12.6. The molecule has 0 fully saturated rings. The molecule has 2 aromatic carbocycles. The van der Waals surface area contributed by atoms with E-state index in [1.807, 2.05) is 37.3 Å². The van der Waals surface area contributed by atoms with E-state index in [9.17, 15) is 9.90 Å². The zero-order chi connectivity index (χ0) is 15.7. The number of anilines is 1. The first kappa shape index (κ1) is 14.3. The van der Waals surface area contributed by atoms with E-state index in [0.29, 0.717) is 17.9 Å². The van der Waals surface area contributed by atoms with E-state index in [0.717, 1.165) is 11.3 Å². The lowest BCUT2D eigenvalue weighted by Crippen LogP contribution is -2.42. The minimum Gasteiger partial charge on any atom is -0.504 e. The number of phenolic OH excluding ortho intramolecular Hbond substituents is 1. The SMILES string of the molecule is CCN1C(=O)c2ccccc2N[C@H]1c1ccc(OC)c(O)c1. The number of methoxy groups -OCH3 is 1. The predicted octanol–water partition coefficient (Wildman–Crippen LogP) is 2.99. The number of carbonyl (C=O) groups excluding carboxylic acids is 1. The van der Waals surface area contributed by atoms with Gasteiger partial charge in [-0.2, -0.15) is 0 Å². The van der Waals surface area contributed by atoms with E-state index < -0.39 is 0 Å². The van der Waals surface area contributed by atoms with Gasteiger partial charge < -0.3 is 20.1 Å². The molecule has 0 saturated heterocycles. The number of carbonyl (C=O) groups is 1. The Labute approximate surface area is 129 Å². The highest BCUT2D eigenvalue weighted by molar-refractivity contribution is 6.01. The van der Waals surface area contributed by atoms with Gasteiger partial charge in [0.25, 0.3) is 5.91 Å². The summed E-state index contributed by atoms with van der Waals surface area (Å²) in [5.41, 5.74) is 2.28. The summed E-state index contributed by atoms with van der Waals surface area (Å²) in [6.45, 7) is 2.50. The fourth-order valence-corrected chi connectivity index (χ4v) is 2.76. The molecule has 1 atom stereocenters. The number of hydrogen-bond donors (Lipinski definition) is 2. The van der Waals surface area contributed by atoms with E-state index in [2.05, 4.69) is 5.32 Å². The monoisotopic (exact) mass is 298 g/mol. The minimum absolute atomic E-state index is 0.0165. The summed E-state index contributed by atoms with van der Waals surface area (Å²) in [6, 6.07) is 12.6. The Morgan fingerprint density at radius 3 is 2.73 bits per heavy atom. The second-order valence-corrected chi connectivity index (χ2v) is 5.11. The fraction of sp³-hybridized carbons (Fsp3) is 0.235. The summed E-state index contributed by atoms with van der Waals surface area (Å²) >= 11 is 0. The molecule has 5 nitrogen and oxygen atoms in total. The zero-order valence-corrected chi connectivity index (χ0v) is 12.5. The first-order valence-corrected chi connectivity index (χ1v) is 7.19. The van der Waals surface area contributed by atoms with Gasteiger partial charge in [-0.25, -0.2) is 0 Å². The number of amides is 1. The number of para-hydroxylation sites is 1. The summed E-state index contributed by atoms with van der Waals surface area (Å²) in [4.78, 5) is 14.4. The average Bonchev–Trinajstić information content (AvgIpc) is 2.54. The van der Waals surface area contributed by atoms with Crippen LogP contribution in [0, 0.1) is 0 Å². The summed E-state index contributed by atoms with van der Waals surface area (Å²) < 4.78 is 5.07. The lowest BCUT2D eigenvalue weighted by Gasteiger charge is -2.37. The van der Waals surface area contributed by atoms with Gasteiger partial charge in [-0.15, -0.1) is 0 Å². The molecule has 1 aliphatic heterocycles. The fourth-order valence-electron chi connectivity index (χ4n) is 2.76. The smallest absolute Gasteiger partial charge is 0.257 e. The van der Waals surface area contributed by atoms with Gasteiger partial charge in [0, 0.05) is 12.2 Å². The highest BCUT2D eigenvalue weighted by Crippen LogP contribution is 2.36. The van der Waals surface area contributed by atoms with Gasteiger partial charge in [0.15, 0.2) is 11.5 Å². The van der Waals surface area contributed by atoms with Crippen LogP contribution >= 0.6 is 0 Å². The Balaban J connectivity index is 2.03. The van der Waals surface area contributed by atoms with Crippen LogP contribution in [0.3, 0.4) is 0 Å². The third-order valence-electron chi connectivity index (χ3n) is 3.88. The largest absolute Gasteiger partial charge is 0.504 e. The van der Waals surface area contributed by atoms with Crippen molar-refractivity contribution in [1.29, 1.82) is 0 Å². The van der Waals surface area contributed by atoms with Gasteiger partial charge in [0.2, 0.25) is 0 Å². The van der Waals surface area contributed by atoms with Crippen LogP contribution in [0.5, 0.6) is 11.5 Å². The number of ether oxygens (including phenoxy) is 1. The lowest BCUT2D eigenvalue weighted by molar-refractivity contribution is 0.0694. The summed E-state index contributed by atoms with van der Waals surface area (Å²) in [7, 11) is 1.51. The van der Waals surface area contributed by atoms with Crippen LogP contribution in [0.15, 0.2) is 42.5 Å². The van der Waals surface area contributed by atoms with E-state index in [1.54, 1.807) is 17.0 Å². The second kappa shape index (κ2) is 5.60. The molecule has 5 heteroatoms. The number of rotatable bonds is 3. The molecule has 0 bridgehead atoms. The van der Waals surface area contributed by atoms with E-state index in [4.69, 9.17) is 4.74 Å². The van der Waals surface area contributed by atoms with Crippen molar-refractivity contribution in [3.63, 3.8) is 0 Å². The average molecular weight is 298 g/mol. The van der Waals surface area contributed by atoms with Crippen molar-refractivity contribution < 1.29 is 14.6 Å². The van der Waals surface area contributed by atoms with Crippen LogP contribution in [-0.2, 0) is 0 Å². The molecule has 3 rings (SSSR count). The molecule has 2 aromatic rings. The van der Waals surface area contributed by atoms with Crippen molar-refractivity contribution in [2.75, 3.05) is 19.0 Å². The van der Waals surface area contributed by atoms with Gasteiger partial charge in [-0.3, -0.25) is 4.79 Å². The van der Waals surface area contributed by atoms with Gasteiger partial charge in [0.1, 0.15) is 6.17 Å². The predicted molar refractivity (Wildman–Crippen MR) is 84.2 cm³/mol. The van der Waals surface area contributed by atoms with Crippen LogP contribution in [0.25, 0.3) is 0 Å². The molecule has 0 aliphatic carbocycles. The highest BCUT2D eigenvalue weighted by atomic mass is 16.5. The number of hydrogen-bond acceptors (Lipinski definition) is 4. The number of nitrogens with one attached hydrogen (secondary N) is 1. The normalized spacial score (nSPS) is 16.9. The third-order valence-corrected chi connectivity index (χ3v) is 3.88. The molecule has 1 amide bonds. The van der Waals surface area contributed by atoms with Crippen molar-refractivity contribution in [2.45, 2.75) is 13.1 Å². The molecule has 22 heavy (non-hydrogen) atoms. The van der Waals surface area contributed by atoms with Crippen molar-refractivity contribution in [3.05, 3.63) is 53.6 Å². The third kappa shape index (κ3) is 2.24.